The Kier molecular flexibility index (Phi) is 4.15. The fourth-order valence-corrected chi connectivity index (χ4v) is 1.92. The molecule has 20 heavy (non-hydrogen) atoms. The second kappa shape index (κ2) is 6.91. The van der Waals surface area contributed by atoms with Crippen LogP contribution in [0.4, 0.5) is 4.79 Å². The van der Waals surface area contributed by atoms with Gasteiger partial charge in [-0.3, -0.25) is 4.90 Å². The molecule has 0 aromatic rings. The van der Waals surface area contributed by atoms with Crippen LogP contribution in [0.25, 0.3) is 0 Å². The fourth-order valence-electron chi connectivity index (χ4n) is 1.57. The zero-order chi connectivity index (χ0) is 19.0. The molecule has 1 aliphatic rings. The summed E-state index contributed by atoms with van der Waals surface area (Å²) in [6.45, 7) is 7.19. The Bertz CT molecular complexity index is 456. The summed E-state index contributed by atoms with van der Waals surface area (Å²) >= 11 is 0. The summed E-state index contributed by atoms with van der Waals surface area (Å²) in [5.74, 6) is 0. The molecule has 0 saturated carbocycles. The van der Waals surface area contributed by atoms with Gasteiger partial charge in [0.05, 0.1) is 2.74 Å². The molecule has 0 radical (unpaired) electrons. The molecule has 0 aliphatic carbocycles. The molecule has 1 fully saturated rings. The molecule has 1 rings (SSSR count). The van der Waals surface area contributed by atoms with Crippen LogP contribution in [0.3, 0.4) is 0 Å². The molecular formula is C14H30N2O3Si. The van der Waals surface area contributed by atoms with E-state index in [0.717, 1.165) is 0 Å². The summed E-state index contributed by atoms with van der Waals surface area (Å²) in [6, 6.07) is 0. The van der Waals surface area contributed by atoms with Crippen molar-refractivity contribution in [1.82, 2.24) is 9.80 Å². The van der Waals surface area contributed by atoms with Gasteiger partial charge in [0.15, 0.2) is 8.32 Å². The quantitative estimate of drug-likeness (QED) is 0.748. The number of carbonyl (C=O) groups is 1. The van der Waals surface area contributed by atoms with E-state index in [2.05, 4.69) is 0 Å². The van der Waals surface area contributed by atoms with Crippen molar-refractivity contribution in [2.24, 2.45) is 0 Å². The van der Waals surface area contributed by atoms with Crippen molar-refractivity contribution < 1.29 is 19.4 Å². The highest BCUT2D eigenvalue weighted by molar-refractivity contribution is 6.69. The molecule has 0 atom stereocenters. The topological polar surface area (TPSA) is 42.0 Å². The van der Waals surface area contributed by atoms with Crippen LogP contribution in [0.15, 0.2) is 0 Å². The maximum Gasteiger partial charge on any atom is 0.410 e. The first-order valence-electron chi connectivity index (χ1n) is 8.98. The van der Waals surface area contributed by atoms with E-state index in [1.165, 1.54) is 9.80 Å². The summed E-state index contributed by atoms with van der Waals surface area (Å²) in [4.78, 5) is 15.0. The average Bonchev–Trinajstić information content (AvgIpc) is 2.33. The molecule has 1 heterocycles. The van der Waals surface area contributed by atoms with Crippen LogP contribution in [0, 0.1) is 0 Å². The number of rotatable bonds is 4. The molecule has 0 bridgehead atoms. The predicted molar refractivity (Wildman–Crippen MR) is 83.5 cm³/mol. The van der Waals surface area contributed by atoms with Crippen LogP contribution in [-0.2, 0) is 9.16 Å². The second-order valence-corrected chi connectivity index (χ2v) is 11.3. The molecule has 6 heteroatoms. The molecule has 0 unspecified atom stereocenters. The van der Waals surface area contributed by atoms with Gasteiger partial charge in [0, 0.05) is 42.0 Å². The number of hydrogen-bond donors (Lipinski definition) is 0. The van der Waals surface area contributed by atoms with Crippen molar-refractivity contribution in [1.29, 1.82) is 0 Å². The van der Waals surface area contributed by atoms with Gasteiger partial charge in [-0.2, -0.15) is 0 Å². The Hall–Kier alpha value is -0.593. The number of piperazine rings is 1. The summed E-state index contributed by atoms with van der Waals surface area (Å²) in [5, 5.41) is 0. The molecule has 0 spiro atoms. The van der Waals surface area contributed by atoms with Gasteiger partial charge < -0.3 is 14.1 Å². The molecule has 118 valence electrons. The average molecular weight is 307 g/mol. The van der Waals surface area contributed by atoms with Gasteiger partial charge in [0.25, 0.3) is 0 Å². The minimum absolute atomic E-state index is 0.223. The normalized spacial score (nSPS) is 22.6. The Morgan fingerprint density at radius 1 is 1.20 bits per heavy atom. The molecule has 0 N–H and O–H groups in total. The Labute approximate surface area is 130 Å². The molecule has 1 amide bonds. The number of nitrogens with zero attached hydrogens (tertiary/aromatic N) is 2. The number of carbonyl (C=O) groups excluding carboxylic acids is 1. The van der Waals surface area contributed by atoms with E-state index >= 15 is 0 Å². The zero-order valence-corrected chi connectivity index (χ0v) is 14.4. The molecule has 1 saturated heterocycles. The SMILES string of the molecule is [2H]C([2H])(O[Si](C)(C)C)C([2H])([2H])N1CCN(C(=O)OC(C)(C)C)CC1. The lowest BCUT2D eigenvalue weighted by Gasteiger charge is -2.35. The van der Waals surface area contributed by atoms with Gasteiger partial charge in [-0.05, 0) is 40.4 Å². The Morgan fingerprint density at radius 3 is 2.20 bits per heavy atom. The van der Waals surface area contributed by atoms with Crippen molar-refractivity contribution in [3.05, 3.63) is 0 Å². The van der Waals surface area contributed by atoms with Gasteiger partial charge in [-0.25, -0.2) is 4.79 Å². The molecule has 5 nitrogen and oxygen atoms in total. The monoisotopic (exact) mass is 306 g/mol. The Morgan fingerprint density at radius 2 is 1.75 bits per heavy atom. The molecule has 0 aromatic carbocycles. The largest absolute Gasteiger partial charge is 0.444 e. The molecule has 0 aromatic heterocycles. The van der Waals surface area contributed by atoms with Crippen LogP contribution >= 0.6 is 0 Å². The van der Waals surface area contributed by atoms with Crippen molar-refractivity contribution >= 4 is 14.4 Å². The highest BCUT2D eigenvalue weighted by Gasteiger charge is 2.25. The maximum atomic E-state index is 12.1. The van der Waals surface area contributed by atoms with Crippen molar-refractivity contribution in [3.8, 4) is 0 Å². The lowest BCUT2D eigenvalue weighted by molar-refractivity contribution is 0.0136. The minimum atomic E-state index is -2.41. The van der Waals surface area contributed by atoms with E-state index < -0.39 is 33.1 Å². The highest BCUT2D eigenvalue weighted by atomic mass is 28.4. The van der Waals surface area contributed by atoms with E-state index in [-0.39, 0.29) is 26.2 Å². The van der Waals surface area contributed by atoms with Crippen LogP contribution in [0.2, 0.25) is 19.6 Å². The standard InChI is InChI=1S/C14H30N2O3Si/c1-14(2,3)19-13(17)16-9-7-15(8-10-16)11-12-18-20(4,5)6/h7-12H2,1-6H3/i11D2,12D2. The van der Waals surface area contributed by atoms with Crippen molar-refractivity contribution in [3.63, 3.8) is 0 Å². The summed E-state index contributed by atoms with van der Waals surface area (Å²) < 4.78 is 43.2. The first kappa shape index (κ1) is 12.0. The number of hydrogen-bond acceptors (Lipinski definition) is 4. The number of amides is 1. The third-order valence-corrected chi connectivity index (χ3v) is 3.21. The van der Waals surface area contributed by atoms with Crippen LogP contribution < -0.4 is 0 Å². The van der Waals surface area contributed by atoms with Crippen LogP contribution in [0.5, 0.6) is 0 Å². The third kappa shape index (κ3) is 7.26. The minimum Gasteiger partial charge on any atom is -0.444 e. The summed E-state index contributed by atoms with van der Waals surface area (Å²) in [5.41, 5.74) is -0.578. The van der Waals surface area contributed by atoms with Crippen LogP contribution in [-0.4, -0.2) is 69.0 Å². The van der Waals surface area contributed by atoms with Gasteiger partial charge in [0.1, 0.15) is 5.60 Å². The molecule has 1 aliphatic heterocycles. The van der Waals surface area contributed by atoms with Gasteiger partial charge >= 0.3 is 6.09 Å². The van der Waals surface area contributed by atoms with Crippen molar-refractivity contribution in [2.75, 3.05) is 39.2 Å². The van der Waals surface area contributed by atoms with E-state index in [1.54, 1.807) is 20.8 Å². The lowest BCUT2D eigenvalue weighted by atomic mass is 10.2. The first-order valence-corrected chi connectivity index (χ1v) is 10.4. The van der Waals surface area contributed by atoms with Crippen LogP contribution in [0.1, 0.15) is 26.3 Å². The summed E-state index contributed by atoms with van der Waals surface area (Å²) in [6.07, 6.45) is -0.427. The van der Waals surface area contributed by atoms with E-state index in [0.29, 0.717) is 0 Å². The first-order chi connectivity index (χ1) is 10.6. The maximum absolute atomic E-state index is 12.1. The molecular weight excluding hydrogens is 272 g/mol. The van der Waals surface area contributed by atoms with Gasteiger partial charge in [-0.15, -0.1) is 0 Å². The summed E-state index contributed by atoms with van der Waals surface area (Å²) in [7, 11) is -2.25. The number of ether oxygens (including phenoxy) is 1. The van der Waals surface area contributed by atoms with E-state index in [4.69, 9.17) is 14.6 Å². The zero-order valence-electron chi connectivity index (χ0n) is 17.4. The third-order valence-electron chi connectivity index (χ3n) is 2.49. The Balaban J connectivity index is 2.70. The van der Waals surface area contributed by atoms with Crippen molar-refractivity contribution in [2.45, 2.75) is 46.0 Å². The van der Waals surface area contributed by atoms with E-state index in [9.17, 15) is 4.79 Å². The van der Waals surface area contributed by atoms with E-state index in [1.807, 2.05) is 19.6 Å². The highest BCUT2D eigenvalue weighted by Crippen LogP contribution is 2.12. The second-order valence-electron chi connectivity index (χ2n) is 6.88. The fraction of sp³-hybridized carbons (Fsp3) is 0.929. The van der Waals surface area contributed by atoms with Gasteiger partial charge in [0.2, 0.25) is 0 Å². The predicted octanol–water partition coefficient (Wildman–Crippen LogP) is 2.39. The smallest absolute Gasteiger partial charge is 0.410 e. The lowest BCUT2D eigenvalue weighted by Crippen LogP contribution is -2.50. The van der Waals surface area contributed by atoms with Gasteiger partial charge in [-0.1, -0.05) is 0 Å².